The highest BCUT2D eigenvalue weighted by Gasteiger charge is 2.44. The van der Waals surface area contributed by atoms with E-state index in [0.717, 1.165) is 0 Å². The number of carbonyl (C=O) groups is 1. The number of aliphatic hydroxyl groups is 4. The van der Waals surface area contributed by atoms with Gasteiger partial charge in [0.05, 0.1) is 6.61 Å². The van der Waals surface area contributed by atoms with Crippen LogP contribution in [0.25, 0.3) is 0 Å². The lowest BCUT2D eigenvalue weighted by Gasteiger charge is -2.39. The first kappa shape index (κ1) is 20.2. The topological polar surface area (TPSA) is 116 Å². The maximum absolute atomic E-state index is 12.0. The minimum Gasteiger partial charge on any atom is -0.394 e. The fourth-order valence-electron chi connectivity index (χ4n) is 2.20. The number of aliphatic hydroxyl groups excluding tert-OH is 4. The number of carbonyl (C=O) groups excluding carboxylic acids is 1. The average molecular weight is 332 g/mol. The smallest absolute Gasteiger partial charge is 0.187 e. The minimum absolute atomic E-state index is 0.157. The third kappa shape index (κ3) is 5.95. The van der Waals surface area contributed by atoms with Crippen molar-refractivity contribution in [3.8, 4) is 0 Å². The van der Waals surface area contributed by atoms with Gasteiger partial charge in [-0.05, 0) is 12.3 Å². The van der Waals surface area contributed by atoms with Gasteiger partial charge in [-0.3, -0.25) is 4.79 Å². The van der Waals surface area contributed by atoms with Crippen molar-refractivity contribution < 1.29 is 34.7 Å². The Morgan fingerprint density at radius 3 is 2.39 bits per heavy atom. The van der Waals surface area contributed by atoms with Crippen LogP contribution in [-0.4, -0.2) is 70.1 Å². The van der Waals surface area contributed by atoms with Gasteiger partial charge < -0.3 is 29.9 Å². The summed E-state index contributed by atoms with van der Waals surface area (Å²) in [5, 5.41) is 38.2. The highest BCUT2D eigenvalue weighted by Crippen LogP contribution is 2.22. The summed E-state index contributed by atoms with van der Waals surface area (Å²) in [5.41, 5.74) is 0. The maximum Gasteiger partial charge on any atom is 0.187 e. The second-order valence-electron chi connectivity index (χ2n) is 6.28. The largest absolute Gasteiger partial charge is 0.394 e. The predicted molar refractivity (Wildman–Crippen MR) is 82.5 cm³/mol. The van der Waals surface area contributed by atoms with Gasteiger partial charge in [-0.1, -0.05) is 32.9 Å². The van der Waals surface area contributed by atoms with Gasteiger partial charge in [0.15, 0.2) is 12.1 Å². The van der Waals surface area contributed by atoms with Crippen molar-refractivity contribution in [3.63, 3.8) is 0 Å². The molecule has 134 valence electrons. The number of ether oxygens (including phenoxy) is 2. The SMILES string of the molecule is CC(C)C=CC[C@@H](C)C(=O)CO[C@@H]1O[C@H](CO)[C@@H](O)[C@H](O)[C@H]1O. The van der Waals surface area contributed by atoms with Crippen molar-refractivity contribution in [2.75, 3.05) is 13.2 Å². The van der Waals surface area contributed by atoms with Crippen LogP contribution in [0.4, 0.5) is 0 Å². The van der Waals surface area contributed by atoms with Gasteiger partial charge >= 0.3 is 0 Å². The van der Waals surface area contributed by atoms with E-state index < -0.39 is 37.3 Å². The molecule has 1 saturated heterocycles. The Morgan fingerprint density at radius 1 is 1.17 bits per heavy atom. The molecule has 6 atom stereocenters. The number of rotatable bonds is 8. The molecular formula is C16H28O7. The molecule has 0 amide bonds. The molecule has 7 heteroatoms. The Hall–Kier alpha value is -0.830. The average Bonchev–Trinajstić information content (AvgIpc) is 2.51. The molecule has 0 aliphatic carbocycles. The van der Waals surface area contributed by atoms with Crippen LogP contribution in [0.15, 0.2) is 12.2 Å². The molecule has 1 heterocycles. The fourth-order valence-corrected chi connectivity index (χ4v) is 2.20. The fraction of sp³-hybridized carbons (Fsp3) is 0.812. The van der Waals surface area contributed by atoms with Gasteiger partial charge in [-0.25, -0.2) is 0 Å². The van der Waals surface area contributed by atoms with Crippen LogP contribution >= 0.6 is 0 Å². The van der Waals surface area contributed by atoms with Gasteiger partial charge in [-0.2, -0.15) is 0 Å². The van der Waals surface area contributed by atoms with Crippen LogP contribution in [0.5, 0.6) is 0 Å². The van der Waals surface area contributed by atoms with E-state index >= 15 is 0 Å². The van der Waals surface area contributed by atoms with Gasteiger partial charge in [0.1, 0.15) is 31.0 Å². The van der Waals surface area contributed by atoms with Crippen molar-refractivity contribution in [2.24, 2.45) is 11.8 Å². The zero-order valence-corrected chi connectivity index (χ0v) is 13.8. The third-order valence-corrected chi connectivity index (χ3v) is 3.80. The molecule has 0 aromatic rings. The van der Waals surface area contributed by atoms with E-state index in [9.17, 15) is 20.1 Å². The monoisotopic (exact) mass is 332 g/mol. The van der Waals surface area contributed by atoms with Crippen molar-refractivity contribution in [1.29, 1.82) is 0 Å². The zero-order chi connectivity index (χ0) is 17.6. The summed E-state index contributed by atoms with van der Waals surface area (Å²) in [6, 6.07) is 0. The van der Waals surface area contributed by atoms with E-state index in [1.807, 2.05) is 26.0 Å². The van der Waals surface area contributed by atoms with E-state index in [1.165, 1.54) is 0 Å². The van der Waals surface area contributed by atoms with Crippen molar-refractivity contribution in [1.82, 2.24) is 0 Å². The Bertz CT molecular complexity index is 394. The van der Waals surface area contributed by atoms with Crippen LogP contribution in [-0.2, 0) is 14.3 Å². The number of hydrogen-bond donors (Lipinski definition) is 4. The molecule has 1 rings (SSSR count). The lowest BCUT2D eigenvalue weighted by Crippen LogP contribution is -2.59. The number of hydrogen-bond acceptors (Lipinski definition) is 7. The van der Waals surface area contributed by atoms with Gasteiger partial charge in [0.2, 0.25) is 0 Å². The van der Waals surface area contributed by atoms with E-state index in [4.69, 9.17) is 14.6 Å². The first-order valence-corrected chi connectivity index (χ1v) is 7.89. The molecule has 0 saturated carbocycles. The molecular weight excluding hydrogens is 304 g/mol. The predicted octanol–water partition coefficient (Wildman–Crippen LogP) is -0.390. The van der Waals surface area contributed by atoms with E-state index in [-0.39, 0.29) is 18.3 Å². The number of allylic oxidation sites excluding steroid dienone is 2. The van der Waals surface area contributed by atoms with Crippen molar-refractivity contribution in [2.45, 2.75) is 57.9 Å². The Balaban J connectivity index is 2.48. The molecule has 0 aromatic heterocycles. The van der Waals surface area contributed by atoms with Gasteiger partial charge in [0, 0.05) is 5.92 Å². The first-order valence-electron chi connectivity index (χ1n) is 7.89. The molecule has 1 fully saturated rings. The zero-order valence-electron chi connectivity index (χ0n) is 13.8. The van der Waals surface area contributed by atoms with E-state index in [2.05, 4.69) is 0 Å². The Kier molecular flexibility index (Phi) is 8.32. The lowest BCUT2D eigenvalue weighted by molar-refractivity contribution is -0.299. The lowest BCUT2D eigenvalue weighted by atomic mass is 9.99. The van der Waals surface area contributed by atoms with Gasteiger partial charge in [-0.15, -0.1) is 0 Å². The van der Waals surface area contributed by atoms with E-state index in [0.29, 0.717) is 12.3 Å². The third-order valence-electron chi connectivity index (χ3n) is 3.80. The van der Waals surface area contributed by atoms with Gasteiger partial charge in [0.25, 0.3) is 0 Å². The van der Waals surface area contributed by atoms with Crippen LogP contribution in [0.1, 0.15) is 27.2 Å². The molecule has 0 bridgehead atoms. The molecule has 0 unspecified atom stereocenters. The molecule has 7 nitrogen and oxygen atoms in total. The summed E-state index contributed by atoms with van der Waals surface area (Å²) in [4.78, 5) is 12.0. The molecule has 1 aliphatic heterocycles. The second kappa shape index (κ2) is 9.46. The maximum atomic E-state index is 12.0. The normalized spacial score (nSPS) is 33.3. The number of ketones is 1. The van der Waals surface area contributed by atoms with Crippen molar-refractivity contribution in [3.05, 3.63) is 12.2 Å². The highest BCUT2D eigenvalue weighted by atomic mass is 16.7. The quantitative estimate of drug-likeness (QED) is 0.447. The molecule has 0 radical (unpaired) electrons. The van der Waals surface area contributed by atoms with Crippen LogP contribution in [0.3, 0.4) is 0 Å². The van der Waals surface area contributed by atoms with Crippen LogP contribution in [0.2, 0.25) is 0 Å². The van der Waals surface area contributed by atoms with E-state index in [1.54, 1.807) is 6.92 Å². The number of Topliss-reactive ketones (excluding diaryl/α,β-unsaturated/α-hetero) is 1. The molecule has 4 N–H and O–H groups in total. The minimum atomic E-state index is -1.51. The highest BCUT2D eigenvalue weighted by molar-refractivity contribution is 5.82. The van der Waals surface area contributed by atoms with Crippen LogP contribution < -0.4 is 0 Å². The summed E-state index contributed by atoms with van der Waals surface area (Å²) in [6.45, 7) is 5.06. The Labute approximate surface area is 136 Å². The molecule has 1 aliphatic rings. The Morgan fingerprint density at radius 2 is 1.83 bits per heavy atom. The second-order valence-corrected chi connectivity index (χ2v) is 6.28. The molecule has 23 heavy (non-hydrogen) atoms. The molecule has 0 aromatic carbocycles. The summed E-state index contributed by atoms with van der Waals surface area (Å²) in [7, 11) is 0. The van der Waals surface area contributed by atoms with Crippen molar-refractivity contribution >= 4 is 5.78 Å². The summed E-state index contributed by atoms with van der Waals surface area (Å²) < 4.78 is 10.4. The molecule has 0 spiro atoms. The first-order chi connectivity index (χ1) is 10.8. The summed E-state index contributed by atoms with van der Waals surface area (Å²) in [6.07, 6.45) is -2.19. The standard InChI is InChI=1S/C16H28O7/c1-9(2)5-4-6-10(3)11(18)8-22-16-15(21)14(20)13(19)12(7-17)23-16/h4-5,9-10,12-17,19-21H,6-8H2,1-3H3/t10-,12-,13-,14+,15-,16-/m1/s1. The summed E-state index contributed by atoms with van der Waals surface area (Å²) in [5.74, 6) is 0.0212. The van der Waals surface area contributed by atoms with Crippen LogP contribution in [0, 0.1) is 11.8 Å². The summed E-state index contributed by atoms with van der Waals surface area (Å²) >= 11 is 0.